The minimum absolute atomic E-state index is 0.348. The number of aliphatic hydroxyl groups excluding tert-OH is 1. The van der Waals surface area contributed by atoms with Crippen LogP contribution in [0.4, 0.5) is 0 Å². The monoisotopic (exact) mass is 432 g/mol. The molecule has 4 nitrogen and oxygen atoms in total. The fourth-order valence-corrected chi connectivity index (χ4v) is 8.93. The van der Waals surface area contributed by atoms with Gasteiger partial charge in [-0.3, -0.25) is 4.79 Å². The number of hydrogen-bond donors (Lipinski definition) is 3. The van der Waals surface area contributed by atoms with E-state index in [0.717, 1.165) is 30.6 Å². The second-order valence-electron chi connectivity index (χ2n) is 12.0. The Labute approximate surface area is 188 Å². The second kappa shape index (κ2) is 8.82. The van der Waals surface area contributed by atoms with Crippen molar-refractivity contribution in [3.05, 3.63) is 11.6 Å². The summed E-state index contributed by atoms with van der Waals surface area (Å²) >= 11 is 0. The molecular weight excluding hydrogens is 388 g/mol. The van der Waals surface area contributed by atoms with Crippen molar-refractivity contribution in [2.45, 2.75) is 104 Å². The van der Waals surface area contributed by atoms with Crippen LogP contribution in [0.1, 0.15) is 97.8 Å². The molecule has 176 valence electrons. The molecule has 0 aliphatic heterocycles. The van der Waals surface area contributed by atoms with Crippen molar-refractivity contribution in [3.63, 3.8) is 0 Å². The third-order valence-electron chi connectivity index (χ3n) is 10.6. The predicted molar refractivity (Wildman–Crippen MR) is 122 cm³/mol. The SMILES string of the molecule is C[C@H](CCCC(C(=O)O)C(O)O)[C@H]1CC[C@H]2[C@@H]3CC=C4CCCC[C@]4(C)[C@H]3CC[C@]12C. The molecule has 0 aromatic carbocycles. The molecule has 0 radical (unpaired) electrons. The van der Waals surface area contributed by atoms with Gasteiger partial charge < -0.3 is 15.3 Å². The fraction of sp³-hybridized carbons (Fsp3) is 0.889. The second-order valence-corrected chi connectivity index (χ2v) is 12.0. The van der Waals surface area contributed by atoms with E-state index >= 15 is 0 Å². The van der Waals surface area contributed by atoms with Crippen LogP contribution in [0.15, 0.2) is 11.6 Å². The van der Waals surface area contributed by atoms with Crippen molar-refractivity contribution < 1.29 is 20.1 Å². The van der Waals surface area contributed by atoms with Gasteiger partial charge in [-0.05, 0) is 98.2 Å². The van der Waals surface area contributed by atoms with Gasteiger partial charge in [-0.2, -0.15) is 0 Å². The smallest absolute Gasteiger partial charge is 0.311 e. The molecule has 0 heterocycles. The molecule has 0 amide bonds. The van der Waals surface area contributed by atoms with E-state index < -0.39 is 18.2 Å². The molecule has 0 bridgehead atoms. The molecule has 0 spiro atoms. The maximum Gasteiger partial charge on any atom is 0.311 e. The molecule has 4 rings (SSSR count). The highest BCUT2D eigenvalue weighted by molar-refractivity contribution is 5.70. The van der Waals surface area contributed by atoms with Gasteiger partial charge in [0.05, 0.1) is 0 Å². The number of carbonyl (C=O) groups is 1. The van der Waals surface area contributed by atoms with Crippen LogP contribution in [-0.4, -0.2) is 27.6 Å². The van der Waals surface area contributed by atoms with Crippen LogP contribution in [0, 0.1) is 46.3 Å². The van der Waals surface area contributed by atoms with Crippen LogP contribution in [0.5, 0.6) is 0 Å². The van der Waals surface area contributed by atoms with Crippen LogP contribution >= 0.6 is 0 Å². The molecule has 3 fully saturated rings. The van der Waals surface area contributed by atoms with Crippen molar-refractivity contribution in [2.24, 2.45) is 46.3 Å². The topological polar surface area (TPSA) is 77.8 Å². The van der Waals surface area contributed by atoms with Crippen molar-refractivity contribution in [1.29, 1.82) is 0 Å². The average molecular weight is 433 g/mol. The van der Waals surface area contributed by atoms with Crippen LogP contribution in [0.25, 0.3) is 0 Å². The summed E-state index contributed by atoms with van der Waals surface area (Å²) in [6.45, 7) is 7.51. The first kappa shape index (κ1) is 23.3. The van der Waals surface area contributed by atoms with Crippen LogP contribution < -0.4 is 0 Å². The standard InChI is InChI=1S/C27H44O4/c1-17(7-6-9-20(24(28)29)25(30)31)21-12-13-22-19-11-10-18-8-4-5-15-26(18,2)23(19)14-16-27(21,22)3/h10,17,19-24,28-29H,4-9,11-16H2,1-3H3,(H,30,31)/t17-,19+,20?,21-,22+,23+,26+,27-/m1/s1. The van der Waals surface area contributed by atoms with E-state index in [1.807, 2.05) is 0 Å². The fourth-order valence-electron chi connectivity index (χ4n) is 8.93. The van der Waals surface area contributed by atoms with E-state index in [1.54, 1.807) is 5.57 Å². The van der Waals surface area contributed by atoms with Gasteiger partial charge in [-0.15, -0.1) is 0 Å². The van der Waals surface area contributed by atoms with Gasteiger partial charge in [0.15, 0.2) is 6.29 Å². The van der Waals surface area contributed by atoms with Gasteiger partial charge in [0.1, 0.15) is 5.92 Å². The number of rotatable bonds is 7. The maximum atomic E-state index is 11.2. The van der Waals surface area contributed by atoms with Crippen LogP contribution in [0.2, 0.25) is 0 Å². The predicted octanol–water partition coefficient (Wildman–Crippen LogP) is 5.77. The molecule has 4 aliphatic rings. The van der Waals surface area contributed by atoms with E-state index in [-0.39, 0.29) is 0 Å². The number of aliphatic carboxylic acids is 1. The number of allylic oxidation sites excluding steroid dienone is 2. The molecule has 0 aromatic heterocycles. The number of carboxylic acid groups (broad SMARTS) is 1. The number of carboxylic acids is 1. The Kier molecular flexibility index (Phi) is 6.63. The zero-order valence-corrected chi connectivity index (χ0v) is 19.9. The summed E-state index contributed by atoms with van der Waals surface area (Å²) in [6.07, 6.45) is 15.2. The van der Waals surface area contributed by atoms with Gasteiger partial charge in [0.25, 0.3) is 0 Å². The third kappa shape index (κ3) is 4.01. The van der Waals surface area contributed by atoms with E-state index in [1.165, 1.54) is 57.8 Å². The Balaban J connectivity index is 1.41. The lowest BCUT2D eigenvalue weighted by molar-refractivity contribution is -0.159. The highest BCUT2D eigenvalue weighted by Crippen LogP contribution is 2.67. The zero-order valence-electron chi connectivity index (χ0n) is 19.9. The summed E-state index contributed by atoms with van der Waals surface area (Å²) in [5, 5.41) is 27.9. The summed E-state index contributed by atoms with van der Waals surface area (Å²) in [5.41, 5.74) is 2.66. The Bertz CT molecular complexity index is 699. The van der Waals surface area contributed by atoms with E-state index in [4.69, 9.17) is 0 Å². The summed E-state index contributed by atoms with van der Waals surface area (Å²) < 4.78 is 0. The Morgan fingerprint density at radius 1 is 1.10 bits per heavy atom. The van der Waals surface area contributed by atoms with E-state index in [0.29, 0.717) is 29.1 Å². The Hall–Kier alpha value is -0.870. The molecule has 8 atom stereocenters. The first-order valence-corrected chi connectivity index (χ1v) is 13.0. The summed E-state index contributed by atoms with van der Waals surface area (Å²) in [7, 11) is 0. The molecule has 0 saturated heterocycles. The van der Waals surface area contributed by atoms with Crippen molar-refractivity contribution >= 4 is 5.97 Å². The lowest BCUT2D eigenvalue weighted by Gasteiger charge is -2.58. The molecule has 1 unspecified atom stereocenters. The molecule has 0 aromatic rings. The number of aliphatic hydroxyl groups is 2. The van der Waals surface area contributed by atoms with Gasteiger partial charge in [-0.1, -0.05) is 51.7 Å². The third-order valence-corrected chi connectivity index (χ3v) is 10.6. The van der Waals surface area contributed by atoms with Crippen molar-refractivity contribution in [2.75, 3.05) is 0 Å². The summed E-state index contributed by atoms with van der Waals surface area (Å²) in [4.78, 5) is 11.2. The number of hydrogen-bond acceptors (Lipinski definition) is 3. The van der Waals surface area contributed by atoms with E-state index in [2.05, 4.69) is 26.8 Å². The van der Waals surface area contributed by atoms with Gasteiger partial charge in [0.2, 0.25) is 0 Å². The maximum absolute atomic E-state index is 11.2. The highest BCUT2D eigenvalue weighted by Gasteiger charge is 2.58. The van der Waals surface area contributed by atoms with Crippen molar-refractivity contribution in [1.82, 2.24) is 0 Å². The lowest BCUT2D eigenvalue weighted by atomic mass is 9.47. The Morgan fingerprint density at radius 2 is 1.87 bits per heavy atom. The normalized spacial score (nSPS) is 41.7. The zero-order chi connectivity index (χ0) is 22.4. The molecule has 31 heavy (non-hydrogen) atoms. The van der Waals surface area contributed by atoms with E-state index in [9.17, 15) is 20.1 Å². The average Bonchev–Trinajstić information content (AvgIpc) is 3.07. The largest absolute Gasteiger partial charge is 0.481 e. The van der Waals surface area contributed by atoms with Gasteiger partial charge >= 0.3 is 5.97 Å². The first-order valence-electron chi connectivity index (χ1n) is 13.0. The molecule has 4 heteroatoms. The van der Waals surface area contributed by atoms with Crippen molar-refractivity contribution in [3.8, 4) is 0 Å². The van der Waals surface area contributed by atoms with Crippen LogP contribution in [-0.2, 0) is 4.79 Å². The quantitative estimate of drug-likeness (QED) is 0.352. The minimum atomic E-state index is -1.76. The van der Waals surface area contributed by atoms with Gasteiger partial charge in [0, 0.05) is 0 Å². The minimum Gasteiger partial charge on any atom is -0.481 e. The summed E-state index contributed by atoms with van der Waals surface area (Å²) in [5.74, 6) is 1.68. The summed E-state index contributed by atoms with van der Waals surface area (Å²) in [6, 6.07) is 0. The molecule has 4 aliphatic carbocycles. The number of fused-ring (bicyclic) bond motifs is 5. The molecular formula is C27H44O4. The Morgan fingerprint density at radius 3 is 2.58 bits per heavy atom. The first-order chi connectivity index (χ1) is 14.7. The van der Waals surface area contributed by atoms with Gasteiger partial charge in [-0.25, -0.2) is 0 Å². The highest BCUT2D eigenvalue weighted by atomic mass is 16.5. The molecule has 3 saturated carbocycles. The van der Waals surface area contributed by atoms with Crippen LogP contribution in [0.3, 0.4) is 0 Å². The molecule has 3 N–H and O–H groups in total. The lowest BCUT2D eigenvalue weighted by Crippen LogP contribution is -2.50.